The Labute approximate surface area is 241 Å². The van der Waals surface area contributed by atoms with E-state index in [-0.39, 0.29) is 29.1 Å². The van der Waals surface area contributed by atoms with Crippen LogP contribution >= 0.6 is 0 Å². The third-order valence-corrected chi connectivity index (χ3v) is 9.10. The van der Waals surface area contributed by atoms with Crippen LogP contribution in [0, 0.1) is 5.82 Å². The monoisotopic (exact) mass is 581 g/mol. The molecule has 1 saturated carbocycles. The number of amides is 2. The highest BCUT2D eigenvalue weighted by atomic mass is 32.2. The number of benzene rings is 3. The van der Waals surface area contributed by atoms with Crippen LogP contribution in [0.15, 0.2) is 83.8 Å². The van der Waals surface area contributed by atoms with Crippen LogP contribution < -0.4 is 14.4 Å². The van der Waals surface area contributed by atoms with Crippen LogP contribution in [0.25, 0.3) is 0 Å². The number of hydrogen-bond acceptors (Lipinski definition) is 5. The summed E-state index contributed by atoms with van der Waals surface area (Å²) in [5.41, 5.74) is 0.479. The van der Waals surface area contributed by atoms with E-state index in [1.807, 2.05) is 6.92 Å². The van der Waals surface area contributed by atoms with Gasteiger partial charge in [0.15, 0.2) is 0 Å². The molecule has 2 amide bonds. The second kappa shape index (κ2) is 13.6. The van der Waals surface area contributed by atoms with E-state index in [9.17, 15) is 18.0 Å². The second-order valence-electron chi connectivity index (χ2n) is 10.1. The number of sulfonamides is 1. The number of carbonyl (C=O) groups excluding carboxylic acids is 2. The van der Waals surface area contributed by atoms with Crippen LogP contribution in [0.5, 0.6) is 5.75 Å². The lowest BCUT2D eigenvalue weighted by molar-refractivity contribution is -0.140. The number of nitrogens with zero attached hydrogens (tertiary/aromatic N) is 2. The van der Waals surface area contributed by atoms with Crippen LogP contribution in [-0.4, -0.2) is 50.9 Å². The van der Waals surface area contributed by atoms with E-state index in [2.05, 4.69) is 5.32 Å². The topological polar surface area (TPSA) is 96.0 Å². The van der Waals surface area contributed by atoms with Crippen molar-refractivity contribution in [3.8, 4) is 5.75 Å². The molecule has 3 aromatic rings. The van der Waals surface area contributed by atoms with Crippen LogP contribution in [0.3, 0.4) is 0 Å². The van der Waals surface area contributed by atoms with E-state index in [1.165, 1.54) is 35.2 Å². The first-order valence-electron chi connectivity index (χ1n) is 13.8. The molecule has 0 bridgehead atoms. The van der Waals surface area contributed by atoms with Gasteiger partial charge in [0.25, 0.3) is 10.0 Å². The van der Waals surface area contributed by atoms with Gasteiger partial charge in [-0.2, -0.15) is 0 Å². The zero-order valence-electron chi connectivity index (χ0n) is 23.3. The number of nitrogens with one attached hydrogen (secondary N) is 1. The molecule has 1 fully saturated rings. The van der Waals surface area contributed by atoms with Gasteiger partial charge in [0.05, 0.1) is 17.7 Å². The summed E-state index contributed by atoms with van der Waals surface area (Å²) in [6, 6.07) is 19.3. The Hall–Kier alpha value is -3.92. The van der Waals surface area contributed by atoms with E-state index < -0.39 is 34.3 Å². The molecule has 1 aliphatic rings. The number of halogens is 1. The van der Waals surface area contributed by atoms with Crippen molar-refractivity contribution in [2.24, 2.45) is 0 Å². The van der Waals surface area contributed by atoms with Crippen molar-refractivity contribution in [1.29, 1.82) is 0 Å². The maximum absolute atomic E-state index is 15.0. The highest BCUT2D eigenvalue weighted by Crippen LogP contribution is 2.27. The molecule has 0 spiro atoms. The van der Waals surface area contributed by atoms with Gasteiger partial charge in [0.2, 0.25) is 11.8 Å². The molecule has 1 aliphatic carbocycles. The Morgan fingerprint density at radius 2 is 1.61 bits per heavy atom. The third-order valence-electron chi connectivity index (χ3n) is 7.33. The predicted octanol–water partition coefficient (Wildman–Crippen LogP) is 4.90. The summed E-state index contributed by atoms with van der Waals surface area (Å²) in [5.74, 6) is -1.06. The summed E-state index contributed by atoms with van der Waals surface area (Å²) in [6.07, 6.45) is 4.14. The van der Waals surface area contributed by atoms with Gasteiger partial charge in [-0.15, -0.1) is 0 Å². The number of hydrogen-bond donors (Lipinski definition) is 1. The van der Waals surface area contributed by atoms with Crippen molar-refractivity contribution in [3.63, 3.8) is 0 Å². The molecular weight excluding hydrogens is 545 g/mol. The molecule has 218 valence electrons. The van der Waals surface area contributed by atoms with Gasteiger partial charge in [0, 0.05) is 12.6 Å². The fourth-order valence-electron chi connectivity index (χ4n) is 5.10. The zero-order valence-corrected chi connectivity index (χ0v) is 24.1. The molecule has 4 rings (SSSR count). The van der Waals surface area contributed by atoms with Gasteiger partial charge in [-0.25, -0.2) is 12.8 Å². The summed E-state index contributed by atoms with van der Waals surface area (Å²) < 4.78 is 48.6. The lowest BCUT2D eigenvalue weighted by atomic mass is 10.1. The SMILES string of the molecule is CCC(C(=O)NC1CCCC1)N(Cc1ccc(OC)cc1)C(=O)CN(c1ccccc1F)S(=O)(=O)c1ccccc1. The first-order chi connectivity index (χ1) is 19.7. The molecule has 1 N–H and O–H groups in total. The Morgan fingerprint density at radius 3 is 2.22 bits per heavy atom. The molecule has 10 heteroatoms. The highest BCUT2D eigenvalue weighted by Gasteiger charge is 2.35. The first-order valence-corrected chi connectivity index (χ1v) is 15.2. The third kappa shape index (κ3) is 7.24. The number of rotatable bonds is 12. The number of anilines is 1. The van der Waals surface area contributed by atoms with E-state index in [0.29, 0.717) is 12.2 Å². The van der Waals surface area contributed by atoms with Crippen LogP contribution in [0.4, 0.5) is 10.1 Å². The number of methoxy groups -OCH3 is 1. The van der Waals surface area contributed by atoms with Crippen molar-refractivity contribution in [3.05, 3.63) is 90.2 Å². The van der Waals surface area contributed by atoms with Gasteiger partial charge in [0.1, 0.15) is 24.2 Å². The molecule has 1 unspecified atom stereocenters. The van der Waals surface area contributed by atoms with Crippen LogP contribution in [0.1, 0.15) is 44.6 Å². The van der Waals surface area contributed by atoms with Gasteiger partial charge in [-0.1, -0.05) is 62.2 Å². The fraction of sp³-hybridized carbons (Fsp3) is 0.355. The van der Waals surface area contributed by atoms with Crippen molar-refractivity contribution in [2.45, 2.75) is 62.6 Å². The molecule has 0 aliphatic heterocycles. The Morgan fingerprint density at radius 1 is 0.976 bits per heavy atom. The van der Waals surface area contributed by atoms with Gasteiger partial charge < -0.3 is 15.0 Å². The van der Waals surface area contributed by atoms with E-state index >= 15 is 4.39 Å². The standard InChI is InChI=1S/C31H36FN3O5S/c1-3-28(31(37)33-24-11-7-8-12-24)34(21-23-17-19-25(40-2)20-18-23)30(36)22-35(29-16-10-9-15-27(29)32)41(38,39)26-13-5-4-6-14-26/h4-6,9-10,13-20,24,28H,3,7-8,11-12,21-22H2,1-2H3,(H,33,37). The maximum Gasteiger partial charge on any atom is 0.264 e. The van der Waals surface area contributed by atoms with Gasteiger partial charge in [-0.05, 0) is 61.2 Å². The van der Waals surface area contributed by atoms with Crippen LogP contribution in [-0.2, 0) is 26.2 Å². The van der Waals surface area contributed by atoms with Crippen LogP contribution in [0.2, 0.25) is 0 Å². The van der Waals surface area contributed by atoms with Crippen molar-refractivity contribution >= 4 is 27.5 Å². The lowest BCUT2D eigenvalue weighted by Crippen LogP contribution is -2.53. The number of ether oxygens (including phenoxy) is 1. The summed E-state index contributed by atoms with van der Waals surface area (Å²) in [4.78, 5) is 28.9. The summed E-state index contributed by atoms with van der Waals surface area (Å²) in [5, 5.41) is 3.07. The summed E-state index contributed by atoms with van der Waals surface area (Å²) in [7, 11) is -2.78. The Kier molecular flexibility index (Phi) is 9.99. The summed E-state index contributed by atoms with van der Waals surface area (Å²) in [6.45, 7) is 1.17. The minimum Gasteiger partial charge on any atom is -0.497 e. The molecule has 0 heterocycles. The average molecular weight is 582 g/mol. The second-order valence-corrected chi connectivity index (χ2v) is 11.9. The molecule has 41 heavy (non-hydrogen) atoms. The minimum atomic E-state index is -4.33. The van der Waals surface area contributed by atoms with E-state index in [0.717, 1.165) is 41.6 Å². The van der Waals surface area contributed by atoms with Crippen molar-refractivity contribution in [1.82, 2.24) is 10.2 Å². The Bertz CT molecular complexity index is 1430. The minimum absolute atomic E-state index is 0.0443. The largest absolute Gasteiger partial charge is 0.497 e. The zero-order chi connectivity index (χ0) is 29.4. The summed E-state index contributed by atoms with van der Waals surface area (Å²) >= 11 is 0. The average Bonchev–Trinajstić information content (AvgIpc) is 3.50. The van der Waals surface area contributed by atoms with Crippen molar-refractivity contribution in [2.75, 3.05) is 18.0 Å². The smallest absolute Gasteiger partial charge is 0.264 e. The predicted molar refractivity (Wildman–Crippen MR) is 155 cm³/mol. The maximum atomic E-state index is 15.0. The number of para-hydroxylation sites is 1. The molecule has 8 nitrogen and oxygen atoms in total. The molecule has 0 radical (unpaired) electrons. The molecule has 3 aromatic carbocycles. The fourth-order valence-corrected chi connectivity index (χ4v) is 6.54. The molecule has 1 atom stereocenters. The van der Waals surface area contributed by atoms with E-state index in [1.54, 1.807) is 49.6 Å². The molecule has 0 aromatic heterocycles. The van der Waals surface area contributed by atoms with Crippen molar-refractivity contribution < 1.29 is 27.1 Å². The normalized spacial score (nSPS) is 14.3. The lowest BCUT2D eigenvalue weighted by Gasteiger charge is -2.33. The molecule has 0 saturated heterocycles. The van der Waals surface area contributed by atoms with E-state index in [4.69, 9.17) is 4.74 Å². The van der Waals surface area contributed by atoms with Gasteiger partial charge >= 0.3 is 0 Å². The number of carbonyl (C=O) groups is 2. The highest BCUT2D eigenvalue weighted by molar-refractivity contribution is 7.92. The quantitative estimate of drug-likeness (QED) is 0.329. The molecular formula is C31H36FN3O5S. The first kappa shape index (κ1) is 30.0. The Balaban J connectivity index is 1.71. The van der Waals surface area contributed by atoms with Gasteiger partial charge in [-0.3, -0.25) is 13.9 Å².